The predicted molar refractivity (Wildman–Crippen MR) is 53.7 cm³/mol. The van der Waals surface area contributed by atoms with E-state index in [1.807, 2.05) is 24.5 Å². The number of pyridine rings is 1. The molecule has 1 aliphatic rings. The maximum atomic E-state index is 6.05. The largest absolute Gasteiger partial charge is 0.370 e. The number of rotatable bonds is 1. The van der Waals surface area contributed by atoms with Crippen LogP contribution in [0.2, 0.25) is 0 Å². The van der Waals surface area contributed by atoms with E-state index in [1.165, 1.54) is 5.69 Å². The highest BCUT2D eigenvalue weighted by Crippen LogP contribution is 2.23. The summed E-state index contributed by atoms with van der Waals surface area (Å²) in [4.78, 5) is 6.30. The van der Waals surface area contributed by atoms with Crippen LogP contribution in [0.1, 0.15) is 13.3 Å². The first kappa shape index (κ1) is 8.51. The van der Waals surface area contributed by atoms with Gasteiger partial charge in [0.25, 0.3) is 0 Å². The second-order valence-corrected chi connectivity index (χ2v) is 4.03. The molecule has 1 saturated heterocycles. The average molecular weight is 177 g/mol. The van der Waals surface area contributed by atoms with E-state index in [0.29, 0.717) is 0 Å². The molecule has 0 aliphatic carbocycles. The predicted octanol–water partition coefficient (Wildman–Crippen LogP) is 1.01. The van der Waals surface area contributed by atoms with E-state index in [-0.39, 0.29) is 5.54 Å². The van der Waals surface area contributed by atoms with Crippen molar-refractivity contribution in [3.8, 4) is 0 Å². The number of hydrogen-bond acceptors (Lipinski definition) is 3. The van der Waals surface area contributed by atoms with Gasteiger partial charge in [0.2, 0.25) is 0 Å². The van der Waals surface area contributed by atoms with E-state index in [4.69, 9.17) is 5.73 Å². The van der Waals surface area contributed by atoms with E-state index in [0.717, 1.165) is 19.5 Å². The lowest BCUT2D eigenvalue weighted by Crippen LogP contribution is -2.39. The van der Waals surface area contributed by atoms with Crippen molar-refractivity contribution in [1.29, 1.82) is 0 Å². The molecule has 0 radical (unpaired) electrons. The van der Waals surface area contributed by atoms with E-state index in [2.05, 4.69) is 16.8 Å². The quantitative estimate of drug-likeness (QED) is 0.696. The molecule has 0 saturated carbocycles. The molecule has 1 aromatic heterocycles. The van der Waals surface area contributed by atoms with Crippen molar-refractivity contribution in [3.63, 3.8) is 0 Å². The smallest absolute Gasteiger partial charge is 0.0397 e. The van der Waals surface area contributed by atoms with Crippen LogP contribution in [0.3, 0.4) is 0 Å². The van der Waals surface area contributed by atoms with Crippen molar-refractivity contribution in [2.45, 2.75) is 18.9 Å². The maximum Gasteiger partial charge on any atom is 0.0397 e. The lowest BCUT2D eigenvalue weighted by atomic mass is 10.0. The summed E-state index contributed by atoms with van der Waals surface area (Å²) in [7, 11) is 0. The monoisotopic (exact) mass is 177 g/mol. The topological polar surface area (TPSA) is 42.1 Å². The van der Waals surface area contributed by atoms with Crippen molar-refractivity contribution < 1.29 is 0 Å². The first-order valence-corrected chi connectivity index (χ1v) is 4.61. The molecule has 1 aliphatic heterocycles. The summed E-state index contributed by atoms with van der Waals surface area (Å²) in [5, 5.41) is 0. The van der Waals surface area contributed by atoms with Crippen LogP contribution in [-0.4, -0.2) is 23.6 Å². The Morgan fingerprint density at radius 2 is 2.15 bits per heavy atom. The molecular formula is C10H15N3. The van der Waals surface area contributed by atoms with Gasteiger partial charge in [-0.25, -0.2) is 0 Å². The van der Waals surface area contributed by atoms with Crippen LogP contribution in [0, 0.1) is 0 Å². The van der Waals surface area contributed by atoms with Crippen molar-refractivity contribution in [1.82, 2.24) is 4.98 Å². The summed E-state index contributed by atoms with van der Waals surface area (Å²) in [6.07, 6.45) is 4.71. The van der Waals surface area contributed by atoms with Crippen LogP contribution in [0.25, 0.3) is 0 Å². The number of aromatic nitrogens is 1. The molecule has 2 heterocycles. The molecule has 3 nitrogen and oxygen atoms in total. The first-order valence-electron chi connectivity index (χ1n) is 4.61. The standard InChI is InChI=1S/C10H15N3/c1-10(11)4-7-13(8-10)9-2-5-12-6-3-9/h2-3,5-6H,4,7-8,11H2,1H3. The third-order valence-corrected chi connectivity index (χ3v) is 2.53. The third kappa shape index (κ3) is 1.80. The van der Waals surface area contributed by atoms with Crippen LogP contribution in [0.4, 0.5) is 5.69 Å². The number of anilines is 1. The Kier molecular flexibility index (Phi) is 1.96. The Morgan fingerprint density at radius 1 is 1.46 bits per heavy atom. The Balaban J connectivity index is 2.13. The second kappa shape index (κ2) is 3.00. The van der Waals surface area contributed by atoms with E-state index < -0.39 is 0 Å². The van der Waals surface area contributed by atoms with E-state index >= 15 is 0 Å². The minimum atomic E-state index is -0.0245. The minimum Gasteiger partial charge on any atom is -0.370 e. The summed E-state index contributed by atoms with van der Waals surface area (Å²) >= 11 is 0. The van der Waals surface area contributed by atoms with Gasteiger partial charge in [-0.1, -0.05) is 0 Å². The summed E-state index contributed by atoms with van der Waals surface area (Å²) in [5.41, 5.74) is 7.25. The van der Waals surface area contributed by atoms with Gasteiger partial charge < -0.3 is 10.6 Å². The van der Waals surface area contributed by atoms with Gasteiger partial charge in [0, 0.05) is 36.7 Å². The molecular weight excluding hydrogens is 162 g/mol. The molecule has 3 heteroatoms. The van der Waals surface area contributed by atoms with Gasteiger partial charge >= 0.3 is 0 Å². The van der Waals surface area contributed by atoms with Gasteiger partial charge in [0.1, 0.15) is 0 Å². The summed E-state index contributed by atoms with van der Waals surface area (Å²) in [6.45, 7) is 4.10. The zero-order valence-corrected chi connectivity index (χ0v) is 7.90. The molecule has 2 rings (SSSR count). The van der Waals surface area contributed by atoms with Crippen LogP contribution in [0.5, 0.6) is 0 Å². The molecule has 13 heavy (non-hydrogen) atoms. The lowest BCUT2D eigenvalue weighted by molar-refractivity contribution is 0.525. The molecule has 0 aromatic carbocycles. The van der Waals surface area contributed by atoms with Gasteiger partial charge in [-0.3, -0.25) is 4.98 Å². The molecule has 0 bridgehead atoms. The summed E-state index contributed by atoms with van der Waals surface area (Å²) in [6, 6.07) is 4.06. The van der Waals surface area contributed by atoms with Gasteiger partial charge in [-0.05, 0) is 25.5 Å². The highest BCUT2D eigenvalue weighted by molar-refractivity contribution is 5.46. The van der Waals surface area contributed by atoms with Crippen LogP contribution in [0.15, 0.2) is 24.5 Å². The summed E-state index contributed by atoms with van der Waals surface area (Å²) in [5.74, 6) is 0. The molecule has 1 atom stereocenters. The minimum absolute atomic E-state index is 0.0245. The molecule has 1 unspecified atom stereocenters. The van der Waals surface area contributed by atoms with Gasteiger partial charge in [0.05, 0.1) is 0 Å². The van der Waals surface area contributed by atoms with Crippen LogP contribution < -0.4 is 10.6 Å². The van der Waals surface area contributed by atoms with Crippen LogP contribution in [-0.2, 0) is 0 Å². The molecule has 1 aromatic rings. The second-order valence-electron chi connectivity index (χ2n) is 4.03. The number of nitrogens with two attached hydrogens (primary N) is 1. The fraction of sp³-hybridized carbons (Fsp3) is 0.500. The Bertz CT molecular complexity index is 281. The zero-order valence-electron chi connectivity index (χ0n) is 7.90. The van der Waals surface area contributed by atoms with Gasteiger partial charge in [0.15, 0.2) is 0 Å². The molecule has 0 spiro atoms. The SMILES string of the molecule is CC1(N)CCN(c2ccncc2)C1. The summed E-state index contributed by atoms with van der Waals surface area (Å²) < 4.78 is 0. The highest BCUT2D eigenvalue weighted by atomic mass is 15.2. The van der Waals surface area contributed by atoms with Crippen LogP contribution >= 0.6 is 0 Å². The maximum absolute atomic E-state index is 6.05. The van der Waals surface area contributed by atoms with Crippen molar-refractivity contribution in [3.05, 3.63) is 24.5 Å². The number of nitrogens with zero attached hydrogens (tertiary/aromatic N) is 2. The first-order chi connectivity index (χ1) is 6.17. The van der Waals surface area contributed by atoms with Gasteiger partial charge in [-0.2, -0.15) is 0 Å². The Labute approximate surface area is 78.6 Å². The van der Waals surface area contributed by atoms with Crippen molar-refractivity contribution >= 4 is 5.69 Å². The average Bonchev–Trinajstić information content (AvgIpc) is 2.48. The molecule has 0 amide bonds. The Hall–Kier alpha value is -1.09. The third-order valence-electron chi connectivity index (χ3n) is 2.53. The highest BCUT2D eigenvalue weighted by Gasteiger charge is 2.29. The normalized spacial score (nSPS) is 28.0. The van der Waals surface area contributed by atoms with E-state index in [1.54, 1.807) is 0 Å². The Morgan fingerprint density at radius 3 is 2.69 bits per heavy atom. The van der Waals surface area contributed by atoms with Gasteiger partial charge in [-0.15, -0.1) is 0 Å². The molecule has 70 valence electrons. The van der Waals surface area contributed by atoms with E-state index in [9.17, 15) is 0 Å². The molecule has 1 fully saturated rings. The molecule has 2 N–H and O–H groups in total. The fourth-order valence-corrected chi connectivity index (χ4v) is 1.76. The lowest BCUT2D eigenvalue weighted by Gasteiger charge is -2.21. The van der Waals surface area contributed by atoms with Crippen molar-refractivity contribution in [2.24, 2.45) is 5.73 Å². The van der Waals surface area contributed by atoms with Crippen molar-refractivity contribution in [2.75, 3.05) is 18.0 Å². The fourth-order valence-electron chi connectivity index (χ4n) is 1.76. The number of hydrogen-bond donors (Lipinski definition) is 1. The zero-order chi connectivity index (χ0) is 9.31.